The Morgan fingerprint density at radius 3 is 2.55 bits per heavy atom. The summed E-state index contributed by atoms with van der Waals surface area (Å²) in [6.07, 6.45) is 2.51. The molecule has 5 heteroatoms. The van der Waals surface area contributed by atoms with E-state index < -0.39 is 7.12 Å². The van der Waals surface area contributed by atoms with Crippen LogP contribution in [0.15, 0.2) is 24.3 Å². The molecule has 1 aromatic rings. The van der Waals surface area contributed by atoms with E-state index in [1.165, 1.54) is 25.9 Å². The Labute approximate surface area is 122 Å². The smallest absolute Gasteiger partial charge is 0.423 e. The highest BCUT2D eigenvalue weighted by molar-refractivity contribution is 6.59. The summed E-state index contributed by atoms with van der Waals surface area (Å²) >= 11 is 0. The fourth-order valence-electron chi connectivity index (χ4n) is 2.97. The van der Waals surface area contributed by atoms with Gasteiger partial charge in [-0.3, -0.25) is 0 Å². The van der Waals surface area contributed by atoms with E-state index >= 15 is 0 Å². The number of rotatable bonds is 5. The van der Waals surface area contributed by atoms with Crippen LogP contribution in [-0.2, 0) is 6.54 Å². The maximum absolute atomic E-state index is 9.40. The molecule has 4 nitrogen and oxygen atoms in total. The van der Waals surface area contributed by atoms with Crippen molar-refractivity contribution in [3.05, 3.63) is 29.8 Å². The summed E-state index contributed by atoms with van der Waals surface area (Å²) in [6, 6.07) is 7.54. The van der Waals surface area contributed by atoms with Crippen LogP contribution in [0.1, 0.15) is 18.4 Å². The van der Waals surface area contributed by atoms with Crippen LogP contribution in [0.4, 0.5) is 0 Å². The molecular formula is C15H25BN2O2. The van der Waals surface area contributed by atoms with Crippen LogP contribution in [-0.4, -0.2) is 60.7 Å². The van der Waals surface area contributed by atoms with E-state index in [9.17, 15) is 10.0 Å². The van der Waals surface area contributed by atoms with E-state index in [1.54, 1.807) is 6.07 Å². The van der Waals surface area contributed by atoms with E-state index in [1.807, 2.05) is 18.2 Å². The third-order valence-corrected chi connectivity index (χ3v) is 4.18. The lowest BCUT2D eigenvalue weighted by Gasteiger charge is -2.31. The van der Waals surface area contributed by atoms with Gasteiger partial charge < -0.3 is 19.8 Å². The number of hydrogen-bond acceptors (Lipinski definition) is 4. The molecule has 20 heavy (non-hydrogen) atoms. The Bertz CT molecular complexity index is 420. The van der Waals surface area contributed by atoms with E-state index in [0.717, 1.165) is 24.6 Å². The second-order valence-corrected chi connectivity index (χ2v) is 6.02. The molecule has 0 atom stereocenters. The van der Waals surface area contributed by atoms with Crippen LogP contribution < -0.4 is 5.46 Å². The highest BCUT2D eigenvalue weighted by atomic mass is 16.4. The first kappa shape index (κ1) is 15.5. The molecule has 2 N–H and O–H groups in total. The second kappa shape index (κ2) is 7.22. The maximum atomic E-state index is 9.40. The summed E-state index contributed by atoms with van der Waals surface area (Å²) in [5.74, 6) is 0.752. The van der Waals surface area contributed by atoms with Gasteiger partial charge >= 0.3 is 7.12 Å². The Morgan fingerprint density at radius 1 is 1.25 bits per heavy atom. The molecule has 1 aliphatic heterocycles. The summed E-state index contributed by atoms with van der Waals surface area (Å²) in [5.41, 5.74) is 1.61. The molecule has 0 radical (unpaired) electrons. The van der Waals surface area contributed by atoms with Crippen molar-refractivity contribution in [1.82, 2.24) is 9.80 Å². The monoisotopic (exact) mass is 276 g/mol. The molecule has 0 spiro atoms. The van der Waals surface area contributed by atoms with Gasteiger partial charge in [-0.1, -0.05) is 24.3 Å². The SMILES string of the molecule is CN1CCC(CN(C)Cc2ccccc2B(O)O)CC1. The topological polar surface area (TPSA) is 46.9 Å². The van der Waals surface area contributed by atoms with Crippen molar-refractivity contribution in [2.45, 2.75) is 19.4 Å². The normalized spacial score (nSPS) is 17.6. The van der Waals surface area contributed by atoms with Crippen LogP contribution in [0.5, 0.6) is 0 Å². The van der Waals surface area contributed by atoms with Crippen LogP contribution in [0, 0.1) is 5.92 Å². The highest BCUT2D eigenvalue weighted by Gasteiger charge is 2.20. The van der Waals surface area contributed by atoms with Gasteiger partial charge in [-0.15, -0.1) is 0 Å². The van der Waals surface area contributed by atoms with Crippen molar-refractivity contribution in [3.63, 3.8) is 0 Å². The van der Waals surface area contributed by atoms with Crippen LogP contribution in [0.2, 0.25) is 0 Å². The highest BCUT2D eigenvalue weighted by Crippen LogP contribution is 2.17. The largest absolute Gasteiger partial charge is 0.488 e. The van der Waals surface area contributed by atoms with Gasteiger partial charge in [-0.05, 0) is 57.0 Å². The lowest BCUT2D eigenvalue weighted by atomic mass is 9.77. The van der Waals surface area contributed by atoms with Crippen LogP contribution in [0.25, 0.3) is 0 Å². The molecule has 1 aliphatic rings. The minimum atomic E-state index is -1.39. The summed E-state index contributed by atoms with van der Waals surface area (Å²) in [7, 11) is 2.90. The first-order valence-corrected chi connectivity index (χ1v) is 7.37. The molecule has 0 bridgehead atoms. The van der Waals surface area contributed by atoms with Crippen molar-refractivity contribution in [2.75, 3.05) is 33.7 Å². The molecule has 110 valence electrons. The van der Waals surface area contributed by atoms with E-state index in [4.69, 9.17) is 0 Å². The predicted octanol–water partition coefficient (Wildman–Crippen LogP) is 0.140. The Hall–Kier alpha value is -0.875. The maximum Gasteiger partial charge on any atom is 0.488 e. The number of piperidine rings is 1. The summed E-state index contributed by atoms with van der Waals surface area (Å²) in [4.78, 5) is 4.67. The first-order chi connectivity index (χ1) is 9.56. The second-order valence-electron chi connectivity index (χ2n) is 6.02. The van der Waals surface area contributed by atoms with E-state index in [0.29, 0.717) is 5.46 Å². The average Bonchev–Trinajstić information content (AvgIpc) is 2.41. The number of likely N-dealkylation sites (tertiary alicyclic amines) is 1. The van der Waals surface area contributed by atoms with Crippen molar-refractivity contribution < 1.29 is 10.0 Å². The fourth-order valence-corrected chi connectivity index (χ4v) is 2.97. The van der Waals surface area contributed by atoms with Gasteiger partial charge in [0, 0.05) is 13.1 Å². The first-order valence-electron chi connectivity index (χ1n) is 7.37. The van der Waals surface area contributed by atoms with Gasteiger partial charge in [0.1, 0.15) is 0 Å². The molecule has 0 aromatic heterocycles. The Morgan fingerprint density at radius 2 is 1.90 bits per heavy atom. The Kier molecular flexibility index (Phi) is 5.60. The summed E-state index contributed by atoms with van der Waals surface area (Å²) in [6.45, 7) is 4.21. The zero-order valence-electron chi connectivity index (χ0n) is 12.5. The van der Waals surface area contributed by atoms with Crippen molar-refractivity contribution >= 4 is 12.6 Å². The quantitative estimate of drug-likeness (QED) is 0.751. The molecule has 0 unspecified atom stereocenters. The standard InChI is InChI=1S/C15H25BN2O2/c1-17-9-7-13(8-10-17)11-18(2)12-14-5-3-4-6-15(14)16(19)20/h3-6,13,19-20H,7-12H2,1-2H3. The van der Waals surface area contributed by atoms with Crippen LogP contribution >= 0.6 is 0 Å². The molecule has 0 amide bonds. The molecule has 1 fully saturated rings. The van der Waals surface area contributed by atoms with Gasteiger partial charge in [-0.25, -0.2) is 0 Å². The third kappa shape index (κ3) is 4.31. The van der Waals surface area contributed by atoms with Crippen molar-refractivity contribution in [1.29, 1.82) is 0 Å². The third-order valence-electron chi connectivity index (χ3n) is 4.18. The molecular weight excluding hydrogens is 251 g/mol. The molecule has 0 saturated carbocycles. The predicted molar refractivity (Wildman–Crippen MR) is 82.8 cm³/mol. The van der Waals surface area contributed by atoms with Crippen molar-refractivity contribution in [2.24, 2.45) is 5.92 Å². The van der Waals surface area contributed by atoms with Crippen molar-refractivity contribution in [3.8, 4) is 0 Å². The van der Waals surface area contributed by atoms with Gasteiger partial charge in [0.25, 0.3) is 0 Å². The minimum absolute atomic E-state index is 0.614. The number of hydrogen-bond donors (Lipinski definition) is 2. The number of nitrogens with zero attached hydrogens (tertiary/aromatic N) is 2. The zero-order valence-corrected chi connectivity index (χ0v) is 12.5. The lowest BCUT2D eigenvalue weighted by molar-refractivity contribution is 0.173. The summed E-state index contributed by atoms with van der Waals surface area (Å²) < 4.78 is 0. The van der Waals surface area contributed by atoms with E-state index in [-0.39, 0.29) is 0 Å². The molecule has 2 rings (SSSR count). The lowest BCUT2D eigenvalue weighted by Crippen LogP contribution is -2.38. The molecule has 1 aromatic carbocycles. The van der Waals surface area contributed by atoms with Gasteiger partial charge in [-0.2, -0.15) is 0 Å². The van der Waals surface area contributed by atoms with Crippen LogP contribution in [0.3, 0.4) is 0 Å². The van der Waals surface area contributed by atoms with E-state index in [2.05, 4.69) is 23.9 Å². The zero-order chi connectivity index (χ0) is 14.5. The minimum Gasteiger partial charge on any atom is -0.423 e. The van der Waals surface area contributed by atoms with Gasteiger partial charge in [0.05, 0.1) is 0 Å². The fraction of sp³-hybridized carbons (Fsp3) is 0.600. The molecule has 1 heterocycles. The summed E-state index contributed by atoms with van der Waals surface area (Å²) in [5, 5.41) is 18.8. The molecule has 0 aliphatic carbocycles. The molecule has 1 saturated heterocycles. The van der Waals surface area contributed by atoms with Gasteiger partial charge in [0.15, 0.2) is 0 Å². The average molecular weight is 276 g/mol. The number of benzene rings is 1. The Balaban J connectivity index is 1.90. The van der Waals surface area contributed by atoms with Gasteiger partial charge in [0.2, 0.25) is 0 Å².